The SMILES string of the molecule is COC1(C(=O)N2C[C@@H]3C[C@H](C2)c2cccc(=O)n2C3)CCN(CC=C(C)C)CC1. The Kier molecular flexibility index (Phi) is 5.67. The van der Waals surface area contributed by atoms with E-state index in [1.165, 1.54) is 5.57 Å². The highest BCUT2D eigenvalue weighted by Crippen LogP contribution is 2.37. The summed E-state index contributed by atoms with van der Waals surface area (Å²) < 4.78 is 7.80. The number of hydrogen-bond donors (Lipinski definition) is 0. The quantitative estimate of drug-likeness (QED) is 0.729. The molecule has 0 radical (unpaired) electrons. The molecule has 2 bridgehead atoms. The van der Waals surface area contributed by atoms with Gasteiger partial charge in [-0.3, -0.25) is 14.5 Å². The van der Waals surface area contributed by atoms with Crippen molar-refractivity contribution in [3.05, 3.63) is 45.9 Å². The van der Waals surface area contributed by atoms with Gasteiger partial charge >= 0.3 is 0 Å². The van der Waals surface area contributed by atoms with Crippen molar-refractivity contribution >= 4 is 5.91 Å². The average molecular weight is 400 g/mol. The fourth-order valence-electron chi connectivity index (χ4n) is 5.26. The number of rotatable bonds is 4. The molecule has 6 heteroatoms. The number of aromatic nitrogens is 1. The first kappa shape index (κ1) is 20.4. The van der Waals surface area contributed by atoms with E-state index < -0.39 is 5.60 Å². The van der Waals surface area contributed by atoms with Crippen LogP contribution in [0.3, 0.4) is 0 Å². The number of piperidine rings is 2. The zero-order chi connectivity index (χ0) is 20.6. The van der Waals surface area contributed by atoms with Crippen LogP contribution in [0.25, 0.3) is 0 Å². The number of ether oxygens (including phenoxy) is 1. The molecule has 1 aromatic heterocycles. The molecule has 3 aliphatic rings. The van der Waals surface area contributed by atoms with E-state index >= 15 is 0 Å². The molecule has 2 saturated heterocycles. The van der Waals surface area contributed by atoms with Crippen LogP contribution in [0.15, 0.2) is 34.6 Å². The largest absolute Gasteiger partial charge is 0.368 e. The van der Waals surface area contributed by atoms with E-state index in [-0.39, 0.29) is 17.4 Å². The number of hydrogen-bond acceptors (Lipinski definition) is 4. The van der Waals surface area contributed by atoms with Gasteiger partial charge in [0.25, 0.3) is 11.5 Å². The van der Waals surface area contributed by atoms with Gasteiger partial charge in [-0.25, -0.2) is 0 Å². The van der Waals surface area contributed by atoms with Crippen LogP contribution in [0.2, 0.25) is 0 Å². The molecule has 0 N–H and O–H groups in total. The molecular formula is C23H33N3O3. The standard InChI is InChI=1S/C23H33N3O3/c1-17(2)7-10-24-11-8-23(29-3,9-12-24)22(28)25-14-18-13-19(16-25)20-5-4-6-21(27)26(20)15-18/h4-7,18-19H,8-16H2,1-3H3/t18-,19+/m0/s1. The Bertz CT molecular complexity index is 847. The number of fused-ring (bicyclic) bond motifs is 4. The monoisotopic (exact) mass is 399 g/mol. The van der Waals surface area contributed by atoms with Gasteiger partial charge in [-0.2, -0.15) is 0 Å². The molecule has 0 spiro atoms. The summed E-state index contributed by atoms with van der Waals surface area (Å²) in [4.78, 5) is 30.2. The lowest BCUT2D eigenvalue weighted by molar-refractivity contribution is -0.163. The lowest BCUT2D eigenvalue weighted by Gasteiger charge is -2.47. The van der Waals surface area contributed by atoms with Crippen molar-refractivity contribution in [1.29, 1.82) is 0 Å². The van der Waals surface area contributed by atoms with Gasteiger partial charge in [0.15, 0.2) is 0 Å². The number of carbonyl (C=O) groups is 1. The number of carbonyl (C=O) groups excluding carboxylic acids is 1. The number of likely N-dealkylation sites (tertiary alicyclic amines) is 2. The van der Waals surface area contributed by atoms with Crippen LogP contribution in [-0.4, -0.2) is 65.7 Å². The van der Waals surface area contributed by atoms with Crippen molar-refractivity contribution in [1.82, 2.24) is 14.4 Å². The van der Waals surface area contributed by atoms with E-state index in [1.54, 1.807) is 13.2 Å². The molecule has 6 nitrogen and oxygen atoms in total. The van der Waals surface area contributed by atoms with E-state index in [9.17, 15) is 9.59 Å². The first-order valence-electron chi connectivity index (χ1n) is 10.8. The Balaban J connectivity index is 1.47. The Hall–Kier alpha value is -1.92. The van der Waals surface area contributed by atoms with Gasteiger partial charge in [0.2, 0.25) is 0 Å². The van der Waals surface area contributed by atoms with Crippen LogP contribution in [0.5, 0.6) is 0 Å². The summed E-state index contributed by atoms with van der Waals surface area (Å²) in [6.45, 7) is 9.05. The van der Waals surface area contributed by atoms with Crippen LogP contribution in [-0.2, 0) is 16.1 Å². The van der Waals surface area contributed by atoms with Gasteiger partial charge in [0.1, 0.15) is 5.60 Å². The molecule has 29 heavy (non-hydrogen) atoms. The first-order valence-corrected chi connectivity index (χ1v) is 10.8. The maximum Gasteiger partial charge on any atom is 0.254 e. The van der Waals surface area contributed by atoms with Crippen molar-refractivity contribution in [2.75, 3.05) is 39.8 Å². The molecule has 4 rings (SSSR count). The summed E-state index contributed by atoms with van der Waals surface area (Å²) in [5.41, 5.74) is 1.77. The van der Waals surface area contributed by atoms with Crippen LogP contribution >= 0.6 is 0 Å². The predicted octanol–water partition coefficient (Wildman–Crippen LogP) is 2.24. The number of methoxy groups -OCH3 is 1. The molecule has 2 fully saturated rings. The zero-order valence-corrected chi connectivity index (χ0v) is 17.9. The Labute approximate surface area is 173 Å². The fourth-order valence-corrected chi connectivity index (χ4v) is 5.26. The maximum absolute atomic E-state index is 13.6. The average Bonchev–Trinajstić information content (AvgIpc) is 2.73. The lowest BCUT2D eigenvalue weighted by Crippen LogP contribution is -2.59. The summed E-state index contributed by atoms with van der Waals surface area (Å²) in [6.07, 6.45) is 4.78. The van der Waals surface area contributed by atoms with Gasteiger partial charge in [0, 0.05) is 64.1 Å². The van der Waals surface area contributed by atoms with Gasteiger partial charge in [-0.05, 0) is 45.1 Å². The van der Waals surface area contributed by atoms with Crippen molar-refractivity contribution in [2.24, 2.45) is 5.92 Å². The number of allylic oxidation sites excluding steroid dienone is 1. The van der Waals surface area contributed by atoms with Crippen LogP contribution < -0.4 is 5.56 Å². The number of nitrogens with zero attached hydrogens (tertiary/aromatic N) is 3. The summed E-state index contributed by atoms with van der Waals surface area (Å²) in [7, 11) is 1.68. The topological polar surface area (TPSA) is 54.8 Å². The minimum absolute atomic E-state index is 0.0778. The van der Waals surface area contributed by atoms with E-state index in [0.29, 0.717) is 19.0 Å². The van der Waals surface area contributed by atoms with Gasteiger partial charge in [-0.15, -0.1) is 0 Å². The van der Waals surface area contributed by atoms with Crippen molar-refractivity contribution < 1.29 is 9.53 Å². The third-order valence-corrected chi connectivity index (χ3v) is 6.97. The third-order valence-electron chi connectivity index (χ3n) is 6.97. The minimum atomic E-state index is -0.705. The van der Waals surface area contributed by atoms with Crippen molar-refractivity contribution in [2.45, 2.75) is 51.2 Å². The number of amides is 1. The first-order chi connectivity index (χ1) is 13.9. The molecule has 4 heterocycles. The third kappa shape index (κ3) is 3.92. The van der Waals surface area contributed by atoms with E-state index in [1.807, 2.05) is 21.6 Å². The minimum Gasteiger partial charge on any atom is -0.368 e. The summed E-state index contributed by atoms with van der Waals surface area (Å²) in [6, 6.07) is 5.52. The smallest absolute Gasteiger partial charge is 0.254 e. The van der Waals surface area contributed by atoms with Crippen LogP contribution in [0.4, 0.5) is 0 Å². The highest BCUT2D eigenvalue weighted by atomic mass is 16.5. The molecule has 0 saturated carbocycles. The van der Waals surface area contributed by atoms with Crippen LogP contribution in [0, 0.1) is 5.92 Å². The predicted molar refractivity (Wildman–Crippen MR) is 113 cm³/mol. The second-order valence-electron chi connectivity index (χ2n) is 9.19. The zero-order valence-electron chi connectivity index (χ0n) is 17.9. The molecular weight excluding hydrogens is 366 g/mol. The highest BCUT2D eigenvalue weighted by Gasteiger charge is 2.46. The van der Waals surface area contributed by atoms with Gasteiger partial charge < -0.3 is 14.2 Å². The molecule has 2 atom stereocenters. The molecule has 0 unspecified atom stereocenters. The second kappa shape index (κ2) is 8.07. The van der Waals surface area contributed by atoms with E-state index in [4.69, 9.17) is 4.74 Å². The molecule has 0 aliphatic carbocycles. The normalized spacial score (nSPS) is 26.0. The van der Waals surface area contributed by atoms with E-state index in [0.717, 1.165) is 51.1 Å². The Morgan fingerprint density at radius 3 is 2.66 bits per heavy atom. The molecule has 0 aromatic carbocycles. The van der Waals surface area contributed by atoms with Gasteiger partial charge in [0.05, 0.1) is 0 Å². The molecule has 1 aromatic rings. The second-order valence-corrected chi connectivity index (χ2v) is 9.19. The van der Waals surface area contributed by atoms with Crippen molar-refractivity contribution in [3.63, 3.8) is 0 Å². The summed E-state index contributed by atoms with van der Waals surface area (Å²) >= 11 is 0. The molecule has 3 aliphatic heterocycles. The highest BCUT2D eigenvalue weighted by molar-refractivity contribution is 5.85. The molecule has 1 amide bonds. The maximum atomic E-state index is 13.6. The summed E-state index contributed by atoms with van der Waals surface area (Å²) in [5.74, 6) is 0.729. The van der Waals surface area contributed by atoms with E-state index in [2.05, 4.69) is 24.8 Å². The fraction of sp³-hybridized carbons (Fsp3) is 0.652. The summed E-state index contributed by atoms with van der Waals surface area (Å²) in [5, 5.41) is 0. The molecule has 158 valence electrons. The van der Waals surface area contributed by atoms with Gasteiger partial charge in [-0.1, -0.05) is 17.7 Å². The Morgan fingerprint density at radius 2 is 1.97 bits per heavy atom. The van der Waals surface area contributed by atoms with Crippen LogP contribution in [0.1, 0.15) is 44.7 Å². The number of pyridine rings is 1. The Morgan fingerprint density at radius 1 is 1.21 bits per heavy atom. The lowest BCUT2D eigenvalue weighted by atomic mass is 9.81. The van der Waals surface area contributed by atoms with Crippen molar-refractivity contribution in [3.8, 4) is 0 Å².